The minimum absolute atomic E-state index is 0.395. The van der Waals surface area contributed by atoms with Crippen molar-refractivity contribution in [3.05, 3.63) is 21.7 Å². The van der Waals surface area contributed by atoms with Crippen LogP contribution in [0.5, 0.6) is 0 Å². The third-order valence-corrected chi connectivity index (χ3v) is 4.25. The highest BCUT2D eigenvalue weighted by molar-refractivity contribution is 6.34. The average Bonchev–Trinajstić information content (AvgIpc) is 2.37. The summed E-state index contributed by atoms with van der Waals surface area (Å²) in [5, 5.41) is 0.851. The Hall–Kier alpha value is -0.380. The van der Waals surface area contributed by atoms with Gasteiger partial charge in [0.15, 0.2) is 5.82 Å². The summed E-state index contributed by atoms with van der Waals surface area (Å²) in [6.07, 6.45) is 5.38. The van der Waals surface area contributed by atoms with Crippen LogP contribution in [0.3, 0.4) is 0 Å². The summed E-state index contributed by atoms with van der Waals surface area (Å²) in [7, 11) is 0. The third-order valence-electron chi connectivity index (χ3n) is 3.52. The van der Waals surface area contributed by atoms with Crippen LogP contribution in [0.2, 0.25) is 10.3 Å². The van der Waals surface area contributed by atoms with Gasteiger partial charge in [-0.25, -0.2) is 9.97 Å². The molecule has 0 amide bonds. The van der Waals surface area contributed by atoms with E-state index in [1.54, 1.807) is 0 Å². The van der Waals surface area contributed by atoms with E-state index in [4.69, 9.17) is 27.9 Å². The van der Waals surface area contributed by atoms with E-state index in [1.807, 2.05) is 13.8 Å². The Kier molecular flexibility index (Phi) is 4.46. The van der Waals surface area contributed by atoms with Crippen molar-refractivity contribution in [1.82, 2.24) is 9.97 Å². The maximum absolute atomic E-state index is 6.11. The smallest absolute Gasteiger partial charge is 0.163 e. The summed E-state index contributed by atoms with van der Waals surface area (Å²) < 4.78 is 5.96. The summed E-state index contributed by atoms with van der Waals surface area (Å²) in [4.78, 5) is 8.79. The number of rotatable bonds is 3. The second-order valence-corrected chi connectivity index (χ2v) is 5.46. The molecule has 0 N–H and O–H groups in total. The lowest BCUT2D eigenvalue weighted by Gasteiger charge is -2.35. The molecule has 1 aromatic heterocycles. The summed E-state index contributed by atoms with van der Waals surface area (Å²) in [5.74, 6) is 0.643. The molecule has 0 unspecified atom stereocenters. The van der Waals surface area contributed by atoms with Gasteiger partial charge in [-0.3, -0.25) is 0 Å². The first-order chi connectivity index (χ1) is 8.59. The monoisotopic (exact) mass is 288 g/mol. The van der Waals surface area contributed by atoms with Gasteiger partial charge in [0, 0.05) is 12.2 Å². The third kappa shape index (κ3) is 2.63. The fourth-order valence-electron chi connectivity index (χ4n) is 2.50. The van der Waals surface area contributed by atoms with Gasteiger partial charge in [-0.2, -0.15) is 0 Å². The van der Waals surface area contributed by atoms with Gasteiger partial charge in [-0.1, -0.05) is 42.5 Å². The predicted octanol–water partition coefficient (Wildman–Crippen LogP) is 4.29. The molecule has 0 aliphatic heterocycles. The Bertz CT molecular complexity index is 402. The molecule has 1 aromatic rings. The number of nitrogens with zero attached hydrogens (tertiary/aromatic N) is 2. The van der Waals surface area contributed by atoms with Crippen LogP contribution in [0.4, 0.5) is 0 Å². The van der Waals surface area contributed by atoms with Gasteiger partial charge in [-0.15, -0.1) is 0 Å². The zero-order valence-electron chi connectivity index (χ0n) is 10.8. The van der Waals surface area contributed by atoms with E-state index >= 15 is 0 Å². The van der Waals surface area contributed by atoms with Gasteiger partial charge in [0.1, 0.15) is 15.9 Å². The molecule has 2 rings (SSSR count). The zero-order valence-corrected chi connectivity index (χ0v) is 12.3. The highest BCUT2D eigenvalue weighted by Gasteiger charge is 2.38. The molecule has 0 bridgehead atoms. The number of hydrogen-bond acceptors (Lipinski definition) is 3. The van der Waals surface area contributed by atoms with E-state index in [-0.39, 0.29) is 0 Å². The predicted molar refractivity (Wildman–Crippen MR) is 73.2 cm³/mol. The molecule has 1 fully saturated rings. The largest absolute Gasteiger partial charge is 0.367 e. The SMILES string of the molecule is CCOC1(c2nc(Cl)c(C)c(Cl)n2)CCCCC1. The molecule has 5 heteroatoms. The van der Waals surface area contributed by atoms with Crippen LogP contribution in [0, 0.1) is 6.92 Å². The molecule has 0 atom stereocenters. The van der Waals surface area contributed by atoms with Crippen LogP contribution in [0.1, 0.15) is 50.4 Å². The van der Waals surface area contributed by atoms with E-state index in [0.717, 1.165) is 31.2 Å². The van der Waals surface area contributed by atoms with Gasteiger partial charge >= 0.3 is 0 Å². The Morgan fingerprint density at radius 2 is 1.67 bits per heavy atom. The molecule has 1 aliphatic rings. The van der Waals surface area contributed by atoms with Gasteiger partial charge in [0.2, 0.25) is 0 Å². The van der Waals surface area contributed by atoms with Crippen molar-refractivity contribution in [2.45, 2.75) is 51.6 Å². The highest BCUT2D eigenvalue weighted by atomic mass is 35.5. The van der Waals surface area contributed by atoms with Crippen LogP contribution >= 0.6 is 23.2 Å². The molecule has 100 valence electrons. The molecule has 0 saturated heterocycles. The van der Waals surface area contributed by atoms with Gasteiger partial charge in [-0.05, 0) is 26.7 Å². The normalized spacial score (nSPS) is 18.9. The molecule has 1 saturated carbocycles. The first-order valence-corrected chi connectivity index (χ1v) is 7.19. The molecule has 3 nitrogen and oxygen atoms in total. The molecule has 0 radical (unpaired) electrons. The molecule has 0 aromatic carbocycles. The summed E-state index contributed by atoms with van der Waals surface area (Å²) in [6.45, 7) is 4.46. The molecular formula is C13H18Cl2N2O. The van der Waals surface area contributed by atoms with Crippen molar-refractivity contribution in [3.63, 3.8) is 0 Å². The van der Waals surface area contributed by atoms with Crippen molar-refractivity contribution in [2.75, 3.05) is 6.61 Å². The zero-order chi connectivity index (χ0) is 13.2. The second kappa shape index (κ2) is 5.72. The topological polar surface area (TPSA) is 35.0 Å². The molecular weight excluding hydrogens is 271 g/mol. The summed E-state index contributed by atoms with van der Waals surface area (Å²) >= 11 is 12.2. The van der Waals surface area contributed by atoms with E-state index in [0.29, 0.717) is 22.7 Å². The van der Waals surface area contributed by atoms with Crippen LogP contribution < -0.4 is 0 Å². The molecule has 18 heavy (non-hydrogen) atoms. The minimum atomic E-state index is -0.395. The standard InChI is InChI=1S/C13H18Cl2N2O/c1-3-18-13(7-5-4-6-8-13)12-16-10(14)9(2)11(15)17-12/h3-8H2,1-2H3. The Morgan fingerprint density at radius 1 is 1.11 bits per heavy atom. The lowest BCUT2D eigenvalue weighted by atomic mass is 9.84. The number of ether oxygens (including phenoxy) is 1. The Morgan fingerprint density at radius 3 is 2.17 bits per heavy atom. The van der Waals surface area contributed by atoms with Gasteiger partial charge in [0.05, 0.1) is 0 Å². The van der Waals surface area contributed by atoms with E-state index in [2.05, 4.69) is 9.97 Å². The van der Waals surface area contributed by atoms with Crippen LogP contribution in [-0.2, 0) is 10.3 Å². The van der Waals surface area contributed by atoms with E-state index in [1.165, 1.54) is 6.42 Å². The summed E-state index contributed by atoms with van der Waals surface area (Å²) in [6, 6.07) is 0. The molecule has 0 spiro atoms. The fourth-order valence-corrected chi connectivity index (χ4v) is 2.89. The first-order valence-electron chi connectivity index (χ1n) is 6.43. The van der Waals surface area contributed by atoms with Crippen molar-refractivity contribution < 1.29 is 4.74 Å². The highest BCUT2D eigenvalue weighted by Crippen LogP contribution is 2.40. The second-order valence-electron chi connectivity index (χ2n) is 4.74. The van der Waals surface area contributed by atoms with Gasteiger partial charge in [0.25, 0.3) is 0 Å². The Labute approximate surface area is 118 Å². The molecule has 1 heterocycles. The van der Waals surface area contributed by atoms with Crippen LogP contribution in [-0.4, -0.2) is 16.6 Å². The number of hydrogen-bond donors (Lipinski definition) is 0. The lowest BCUT2D eigenvalue weighted by molar-refractivity contribution is -0.0767. The maximum Gasteiger partial charge on any atom is 0.163 e. The van der Waals surface area contributed by atoms with Crippen LogP contribution in [0.15, 0.2) is 0 Å². The van der Waals surface area contributed by atoms with E-state index in [9.17, 15) is 0 Å². The van der Waals surface area contributed by atoms with Crippen molar-refractivity contribution in [2.24, 2.45) is 0 Å². The average molecular weight is 289 g/mol. The minimum Gasteiger partial charge on any atom is -0.367 e. The number of aromatic nitrogens is 2. The molecule has 1 aliphatic carbocycles. The lowest BCUT2D eigenvalue weighted by Crippen LogP contribution is -2.34. The van der Waals surface area contributed by atoms with Crippen molar-refractivity contribution in [3.8, 4) is 0 Å². The summed E-state index contributed by atoms with van der Waals surface area (Å²) in [5.41, 5.74) is 0.332. The van der Waals surface area contributed by atoms with E-state index < -0.39 is 5.60 Å². The fraction of sp³-hybridized carbons (Fsp3) is 0.692. The number of halogens is 2. The quantitative estimate of drug-likeness (QED) is 0.779. The van der Waals surface area contributed by atoms with Gasteiger partial charge < -0.3 is 4.74 Å². The van der Waals surface area contributed by atoms with Crippen molar-refractivity contribution >= 4 is 23.2 Å². The maximum atomic E-state index is 6.11. The van der Waals surface area contributed by atoms with Crippen LogP contribution in [0.25, 0.3) is 0 Å². The van der Waals surface area contributed by atoms with Crippen molar-refractivity contribution in [1.29, 1.82) is 0 Å². The first kappa shape index (κ1) is 14.0. The Balaban J connectivity index is 2.42.